The molecule has 4 rings (SSSR count). The second-order valence-corrected chi connectivity index (χ2v) is 8.85. The van der Waals surface area contributed by atoms with E-state index in [4.69, 9.17) is 4.74 Å². The monoisotopic (exact) mass is 442 g/mol. The molecule has 0 radical (unpaired) electrons. The Kier molecular flexibility index (Phi) is 7.19. The summed E-state index contributed by atoms with van der Waals surface area (Å²) >= 11 is 0. The van der Waals surface area contributed by atoms with E-state index < -0.39 is 0 Å². The van der Waals surface area contributed by atoms with E-state index >= 15 is 0 Å². The number of anilines is 1. The van der Waals surface area contributed by atoms with E-state index in [1.165, 1.54) is 24.3 Å². The molecule has 2 fully saturated rings. The minimum atomic E-state index is -0.346. The van der Waals surface area contributed by atoms with Gasteiger partial charge < -0.3 is 15.0 Å². The molecule has 1 atom stereocenters. The number of halogens is 1. The van der Waals surface area contributed by atoms with Gasteiger partial charge >= 0.3 is 0 Å². The van der Waals surface area contributed by atoms with E-state index in [0.29, 0.717) is 30.0 Å². The number of ether oxygens (including phenoxy) is 1. The molecule has 7 nitrogen and oxygen atoms in total. The first kappa shape index (κ1) is 22.5. The average molecular weight is 443 g/mol. The van der Waals surface area contributed by atoms with Gasteiger partial charge in [-0.25, -0.2) is 4.39 Å². The third kappa shape index (κ3) is 5.73. The minimum absolute atomic E-state index is 0.0738. The summed E-state index contributed by atoms with van der Waals surface area (Å²) in [7, 11) is 1.80. The number of benzene rings is 1. The van der Waals surface area contributed by atoms with Gasteiger partial charge in [0.1, 0.15) is 5.82 Å². The molecule has 0 aliphatic carbocycles. The van der Waals surface area contributed by atoms with Gasteiger partial charge in [-0.3, -0.25) is 14.3 Å². The summed E-state index contributed by atoms with van der Waals surface area (Å²) in [6.07, 6.45) is 7.97. The van der Waals surface area contributed by atoms with E-state index in [9.17, 15) is 14.0 Å². The van der Waals surface area contributed by atoms with Crippen LogP contribution in [0.25, 0.3) is 0 Å². The largest absolute Gasteiger partial charge is 0.378 e. The molecule has 32 heavy (non-hydrogen) atoms. The van der Waals surface area contributed by atoms with Crippen LogP contribution in [0.5, 0.6) is 0 Å². The van der Waals surface area contributed by atoms with E-state index in [2.05, 4.69) is 10.4 Å². The van der Waals surface area contributed by atoms with E-state index in [1.807, 2.05) is 4.90 Å². The van der Waals surface area contributed by atoms with Crippen LogP contribution in [0.1, 0.15) is 54.6 Å². The number of aromatic nitrogens is 2. The van der Waals surface area contributed by atoms with Crippen molar-refractivity contribution in [3.8, 4) is 0 Å². The van der Waals surface area contributed by atoms with Gasteiger partial charge in [0.25, 0.3) is 5.91 Å². The van der Waals surface area contributed by atoms with Crippen molar-refractivity contribution in [2.45, 2.75) is 51.0 Å². The second-order valence-electron chi connectivity index (χ2n) is 8.85. The Morgan fingerprint density at radius 1 is 1.16 bits per heavy atom. The summed E-state index contributed by atoms with van der Waals surface area (Å²) in [5.74, 6) is -0.0363. The number of likely N-dealkylation sites (tertiary alicyclic amines) is 1. The Bertz CT molecular complexity index is 929. The predicted octanol–water partition coefficient (Wildman–Crippen LogP) is 3.55. The molecule has 3 heterocycles. The normalized spacial score (nSPS) is 19.7. The van der Waals surface area contributed by atoms with Crippen molar-refractivity contribution in [3.63, 3.8) is 0 Å². The molecule has 2 amide bonds. The highest BCUT2D eigenvalue weighted by Crippen LogP contribution is 2.25. The zero-order valence-corrected chi connectivity index (χ0v) is 18.6. The Morgan fingerprint density at radius 3 is 2.59 bits per heavy atom. The smallest absolute Gasteiger partial charge is 0.259 e. The fourth-order valence-electron chi connectivity index (χ4n) is 4.56. The van der Waals surface area contributed by atoms with Gasteiger partial charge in [0.05, 0.1) is 23.8 Å². The number of amides is 2. The number of nitrogens with zero attached hydrogens (tertiary/aromatic N) is 3. The number of nitrogens with one attached hydrogen (secondary N) is 1. The van der Waals surface area contributed by atoms with Gasteiger partial charge in [-0.1, -0.05) is 0 Å². The molecule has 1 N–H and O–H groups in total. The first-order valence-corrected chi connectivity index (χ1v) is 11.5. The number of carbonyl (C=O) groups excluding carboxylic acids is 2. The standard InChI is InChI=1S/C24H31FN4O3/c1-28-16-21(24(31)26-19-7-5-18(25)6-8-19)22(27-28)14-17-9-11-29(12-10-17)23(30)15-20-4-2-3-13-32-20/h5-8,16-17,20H,2-4,9-15H2,1H3,(H,26,31)/t20-/m1/s1. The van der Waals surface area contributed by atoms with Gasteiger partial charge in [0, 0.05) is 38.6 Å². The third-order valence-electron chi connectivity index (χ3n) is 6.38. The number of hydrogen-bond acceptors (Lipinski definition) is 4. The minimum Gasteiger partial charge on any atom is -0.378 e. The Labute approximate surface area is 187 Å². The van der Waals surface area contributed by atoms with Crippen molar-refractivity contribution in [1.29, 1.82) is 0 Å². The van der Waals surface area contributed by atoms with Gasteiger partial charge in [0.15, 0.2) is 0 Å². The van der Waals surface area contributed by atoms with E-state index in [-0.39, 0.29) is 23.7 Å². The average Bonchev–Trinajstić information content (AvgIpc) is 3.16. The van der Waals surface area contributed by atoms with Crippen LogP contribution in [0, 0.1) is 11.7 Å². The highest BCUT2D eigenvalue weighted by Gasteiger charge is 2.27. The summed E-state index contributed by atoms with van der Waals surface area (Å²) in [5.41, 5.74) is 1.83. The maximum absolute atomic E-state index is 13.1. The number of hydrogen-bond donors (Lipinski definition) is 1. The van der Waals surface area contributed by atoms with Crippen LogP contribution in [0.2, 0.25) is 0 Å². The summed E-state index contributed by atoms with van der Waals surface area (Å²) in [6.45, 7) is 2.24. The highest BCUT2D eigenvalue weighted by molar-refractivity contribution is 6.04. The molecule has 2 aromatic rings. The molecule has 172 valence electrons. The number of carbonyl (C=O) groups is 2. The molecule has 8 heteroatoms. The summed E-state index contributed by atoms with van der Waals surface area (Å²) in [4.78, 5) is 27.4. The van der Waals surface area contributed by atoms with Crippen molar-refractivity contribution in [3.05, 3.63) is 47.5 Å². The lowest BCUT2D eigenvalue weighted by molar-refractivity contribution is -0.136. The maximum Gasteiger partial charge on any atom is 0.259 e. The highest BCUT2D eigenvalue weighted by atomic mass is 19.1. The lowest BCUT2D eigenvalue weighted by Crippen LogP contribution is -2.41. The molecule has 2 aliphatic heterocycles. The first-order valence-electron chi connectivity index (χ1n) is 11.5. The summed E-state index contributed by atoms with van der Waals surface area (Å²) in [6, 6.07) is 5.70. The molecule has 2 saturated heterocycles. The Hall–Kier alpha value is -2.74. The van der Waals surface area contributed by atoms with Crippen molar-refractivity contribution >= 4 is 17.5 Å². The quantitative estimate of drug-likeness (QED) is 0.742. The lowest BCUT2D eigenvalue weighted by atomic mass is 9.90. The van der Waals surface area contributed by atoms with Crippen LogP contribution in [-0.4, -0.2) is 52.3 Å². The van der Waals surface area contributed by atoms with Crippen LogP contribution in [0.3, 0.4) is 0 Å². The second kappa shape index (κ2) is 10.3. The van der Waals surface area contributed by atoms with Gasteiger partial charge in [-0.2, -0.15) is 5.10 Å². The summed E-state index contributed by atoms with van der Waals surface area (Å²) < 4.78 is 20.5. The van der Waals surface area contributed by atoms with Crippen molar-refractivity contribution < 1.29 is 18.7 Å². The molecular weight excluding hydrogens is 411 g/mol. The van der Waals surface area contributed by atoms with Crippen molar-refractivity contribution in [2.24, 2.45) is 13.0 Å². The molecule has 0 saturated carbocycles. The summed E-state index contributed by atoms with van der Waals surface area (Å²) in [5, 5.41) is 7.33. The first-order chi connectivity index (χ1) is 15.5. The molecule has 2 aliphatic rings. The topological polar surface area (TPSA) is 76.5 Å². The van der Waals surface area contributed by atoms with Crippen molar-refractivity contribution in [1.82, 2.24) is 14.7 Å². The number of rotatable bonds is 6. The lowest BCUT2D eigenvalue weighted by Gasteiger charge is -2.33. The molecule has 1 aromatic heterocycles. The fourth-order valence-corrected chi connectivity index (χ4v) is 4.56. The molecule has 0 unspecified atom stereocenters. The molecular formula is C24H31FN4O3. The zero-order valence-electron chi connectivity index (χ0n) is 18.6. The van der Waals surface area contributed by atoms with Crippen LogP contribution in [0.15, 0.2) is 30.5 Å². The van der Waals surface area contributed by atoms with Crippen molar-refractivity contribution in [2.75, 3.05) is 25.0 Å². The molecule has 0 spiro atoms. The van der Waals surface area contributed by atoms with Crippen LogP contribution in [0.4, 0.5) is 10.1 Å². The van der Waals surface area contributed by atoms with Crippen LogP contribution < -0.4 is 5.32 Å². The Balaban J connectivity index is 1.30. The van der Waals surface area contributed by atoms with Crippen LogP contribution in [-0.2, 0) is 23.0 Å². The predicted molar refractivity (Wildman–Crippen MR) is 119 cm³/mol. The van der Waals surface area contributed by atoms with Gasteiger partial charge in [0.2, 0.25) is 5.91 Å². The van der Waals surface area contributed by atoms with Gasteiger partial charge in [-0.15, -0.1) is 0 Å². The third-order valence-corrected chi connectivity index (χ3v) is 6.38. The molecule has 0 bridgehead atoms. The van der Waals surface area contributed by atoms with Gasteiger partial charge in [-0.05, 0) is 68.7 Å². The van der Waals surface area contributed by atoms with E-state index in [0.717, 1.165) is 57.5 Å². The molecule has 1 aromatic carbocycles. The number of piperidine rings is 1. The number of aryl methyl sites for hydroxylation is 1. The SMILES string of the molecule is Cn1cc(C(=O)Nc2ccc(F)cc2)c(CC2CCN(C(=O)C[C@H]3CCCCO3)CC2)n1. The van der Waals surface area contributed by atoms with E-state index in [1.54, 1.807) is 17.9 Å². The Morgan fingerprint density at radius 2 is 1.91 bits per heavy atom. The maximum atomic E-state index is 13.1. The zero-order chi connectivity index (χ0) is 22.5. The van der Waals surface area contributed by atoms with Crippen LogP contribution >= 0.6 is 0 Å². The fraction of sp³-hybridized carbons (Fsp3) is 0.542.